The van der Waals surface area contributed by atoms with E-state index in [2.05, 4.69) is 4.98 Å². The fraction of sp³-hybridized carbons (Fsp3) is 0.238. The lowest BCUT2D eigenvalue weighted by molar-refractivity contribution is 0.0719. The zero-order valence-electron chi connectivity index (χ0n) is 14.7. The van der Waals surface area contributed by atoms with E-state index in [1.54, 1.807) is 35.4 Å². The van der Waals surface area contributed by atoms with Gasteiger partial charge in [-0.25, -0.2) is 13.8 Å². The molecule has 1 aliphatic carbocycles. The highest BCUT2D eigenvalue weighted by molar-refractivity contribution is 5.94. The zero-order valence-corrected chi connectivity index (χ0v) is 14.7. The monoisotopic (exact) mass is 367 g/mol. The molecular formula is C21H19F2N3O. The van der Waals surface area contributed by atoms with Crippen molar-refractivity contribution in [3.8, 4) is 0 Å². The van der Waals surface area contributed by atoms with Gasteiger partial charge in [-0.05, 0) is 42.7 Å². The quantitative estimate of drug-likeness (QED) is 0.660. The van der Waals surface area contributed by atoms with Gasteiger partial charge in [-0.15, -0.1) is 0 Å². The predicted molar refractivity (Wildman–Crippen MR) is 97.0 cm³/mol. The zero-order chi connectivity index (χ0) is 18.8. The van der Waals surface area contributed by atoms with Crippen LogP contribution in [0.25, 0.3) is 0 Å². The molecule has 0 N–H and O–H groups in total. The van der Waals surface area contributed by atoms with E-state index in [1.165, 1.54) is 24.3 Å². The molecule has 1 aliphatic rings. The number of aromatic nitrogens is 2. The number of amides is 1. The van der Waals surface area contributed by atoms with Gasteiger partial charge >= 0.3 is 0 Å². The Morgan fingerprint density at radius 3 is 2.56 bits per heavy atom. The Hall–Kier alpha value is -3.02. The number of imidazole rings is 1. The molecule has 0 saturated heterocycles. The average Bonchev–Trinajstić information content (AvgIpc) is 3.42. The maximum absolute atomic E-state index is 14.1. The summed E-state index contributed by atoms with van der Waals surface area (Å²) >= 11 is 0. The number of carbonyl (C=O) groups is 1. The summed E-state index contributed by atoms with van der Waals surface area (Å²) in [6, 6.07) is 12.5. The van der Waals surface area contributed by atoms with E-state index in [9.17, 15) is 13.6 Å². The predicted octanol–water partition coefficient (Wildman–Crippen LogP) is 4.01. The van der Waals surface area contributed by atoms with E-state index in [4.69, 9.17) is 0 Å². The molecule has 0 radical (unpaired) electrons. The smallest absolute Gasteiger partial charge is 0.257 e. The first-order valence-corrected chi connectivity index (χ1v) is 8.92. The van der Waals surface area contributed by atoms with Crippen LogP contribution in [-0.2, 0) is 13.1 Å². The summed E-state index contributed by atoms with van der Waals surface area (Å²) in [5, 5.41) is 0. The van der Waals surface area contributed by atoms with Gasteiger partial charge in [0, 0.05) is 25.0 Å². The van der Waals surface area contributed by atoms with Gasteiger partial charge in [-0.2, -0.15) is 0 Å². The first-order chi connectivity index (χ1) is 13.1. The molecule has 0 aliphatic heterocycles. The third-order valence-corrected chi connectivity index (χ3v) is 4.73. The Morgan fingerprint density at radius 2 is 1.85 bits per heavy atom. The lowest BCUT2D eigenvalue weighted by Gasteiger charge is -2.23. The number of hydrogen-bond acceptors (Lipinski definition) is 2. The van der Waals surface area contributed by atoms with E-state index >= 15 is 0 Å². The van der Waals surface area contributed by atoms with Crippen LogP contribution in [0, 0.1) is 11.6 Å². The van der Waals surface area contributed by atoms with Gasteiger partial charge in [-0.3, -0.25) is 4.79 Å². The molecule has 1 aromatic heterocycles. The molecule has 1 fully saturated rings. The highest BCUT2D eigenvalue weighted by Gasteiger charge is 2.34. The molecule has 6 heteroatoms. The maximum atomic E-state index is 14.1. The second-order valence-corrected chi connectivity index (χ2v) is 6.74. The molecule has 1 saturated carbocycles. The summed E-state index contributed by atoms with van der Waals surface area (Å²) in [6.07, 6.45) is 5.34. The third-order valence-electron chi connectivity index (χ3n) is 4.73. The van der Waals surface area contributed by atoms with E-state index in [1.807, 2.05) is 10.8 Å². The minimum atomic E-state index is -0.511. The largest absolute Gasteiger partial charge is 0.329 e. The molecule has 0 spiro atoms. The van der Waals surface area contributed by atoms with Gasteiger partial charge in [0.15, 0.2) is 0 Å². The second-order valence-electron chi connectivity index (χ2n) is 6.74. The molecule has 0 atom stereocenters. The normalized spacial score (nSPS) is 13.6. The van der Waals surface area contributed by atoms with Crippen LogP contribution in [0.15, 0.2) is 60.9 Å². The molecule has 0 unspecified atom stereocenters. The first-order valence-electron chi connectivity index (χ1n) is 8.92. The van der Waals surface area contributed by atoms with Gasteiger partial charge < -0.3 is 9.47 Å². The summed E-state index contributed by atoms with van der Waals surface area (Å²) in [5.41, 5.74) is 1.02. The van der Waals surface area contributed by atoms with Crippen molar-refractivity contribution in [1.29, 1.82) is 0 Å². The highest BCUT2D eigenvalue weighted by Crippen LogP contribution is 2.30. The lowest BCUT2D eigenvalue weighted by Crippen LogP contribution is -2.34. The van der Waals surface area contributed by atoms with Gasteiger partial charge in [0.1, 0.15) is 17.5 Å². The van der Waals surface area contributed by atoms with Gasteiger partial charge in [0.25, 0.3) is 5.91 Å². The molecule has 4 nitrogen and oxygen atoms in total. The number of halogens is 2. The van der Waals surface area contributed by atoms with Crippen LogP contribution < -0.4 is 0 Å². The van der Waals surface area contributed by atoms with Crippen molar-refractivity contribution >= 4 is 5.91 Å². The highest BCUT2D eigenvalue weighted by atomic mass is 19.1. The Kier molecular flexibility index (Phi) is 4.71. The molecule has 138 valence electrons. The van der Waals surface area contributed by atoms with E-state index in [0.29, 0.717) is 13.1 Å². The molecule has 27 heavy (non-hydrogen) atoms. The summed E-state index contributed by atoms with van der Waals surface area (Å²) in [7, 11) is 0. The molecule has 0 bridgehead atoms. The van der Waals surface area contributed by atoms with Crippen LogP contribution >= 0.6 is 0 Å². The lowest BCUT2D eigenvalue weighted by atomic mass is 10.2. The Labute approximate surface area is 156 Å². The Morgan fingerprint density at radius 1 is 1.11 bits per heavy atom. The van der Waals surface area contributed by atoms with Crippen LogP contribution in [0.5, 0.6) is 0 Å². The minimum absolute atomic E-state index is 0.0843. The van der Waals surface area contributed by atoms with E-state index < -0.39 is 5.82 Å². The number of nitrogens with zero attached hydrogens (tertiary/aromatic N) is 3. The number of hydrogen-bond donors (Lipinski definition) is 0. The van der Waals surface area contributed by atoms with Crippen molar-refractivity contribution in [2.24, 2.45) is 0 Å². The summed E-state index contributed by atoms with van der Waals surface area (Å²) in [6.45, 7) is 0.841. The molecule has 1 heterocycles. The number of rotatable bonds is 6. The van der Waals surface area contributed by atoms with Gasteiger partial charge in [0.2, 0.25) is 0 Å². The standard InChI is InChI=1S/C21H19F2N3O/c22-16-7-5-15(6-8-16)13-25-12-11-24-20(25)14-26(17-9-10-17)21(27)18-3-1-2-4-19(18)23/h1-8,11-12,17H,9-10,13-14H2. The summed E-state index contributed by atoms with van der Waals surface area (Å²) in [5.74, 6) is -0.384. The van der Waals surface area contributed by atoms with Crippen LogP contribution in [0.3, 0.4) is 0 Å². The first kappa shape index (κ1) is 17.4. The van der Waals surface area contributed by atoms with Crippen molar-refractivity contribution in [2.75, 3.05) is 0 Å². The third kappa shape index (κ3) is 3.89. The molecule has 3 aromatic rings. The van der Waals surface area contributed by atoms with Crippen molar-refractivity contribution in [3.63, 3.8) is 0 Å². The van der Waals surface area contributed by atoms with Crippen LogP contribution in [-0.4, -0.2) is 26.4 Å². The van der Waals surface area contributed by atoms with Crippen LogP contribution in [0.4, 0.5) is 8.78 Å². The second kappa shape index (κ2) is 7.31. The van der Waals surface area contributed by atoms with Crippen molar-refractivity contribution in [3.05, 3.63) is 89.5 Å². The van der Waals surface area contributed by atoms with E-state index in [0.717, 1.165) is 24.2 Å². The van der Waals surface area contributed by atoms with Crippen molar-refractivity contribution in [1.82, 2.24) is 14.5 Å². The minimum Gasteiger partial charge on any atom is -0.329 e. The Balaban J connectivity index is 1.55. The fourth-order valence-electron chi connectivity index (χ4n) is 3.12. The fourth-order valence-corrected chi connectivity index (χ4v) is 3.12. The number of carbonyl (C=O) groups excluding carboxylic acids is 1. The van der Waals surface area contributed by atoms with Crippen LogP contribution in [0.1, 0.15) is 34.6 Å². The molecule has 4 rings (SSSR count). The Bertz CT molecular complexity index is 948. The maximum Gasteiger partial charge on any atom is 0.257 e. The van der Waals surface area contributed by atoms with Crippen LogP contribution in [0.2, 0.25) is 0 Å². The number of benzene rings is 2. The average molecular weight is 367 g/mol. The van der Waals surface area contributed by atoms with E-state index in [-0.39, 0.29) is 23.3 Å². The topological polar surface area (TPSA) is 38.1 Å². The summed E-state index contributed by atoms with van der Waals surface area (Å²) in [4.78, 5) is 19.0. The van der Waals surface area contributed by atoms with Crippen molar-refractivity contribution in [2.45, 2.75) is 32.0 Å². The molecule has 1 amide bonds. The van der Waals surface area contributed by atoms with Gasteiger partial charge in [-0.1, -0.05) is 24.3 Å². The SMILES string of the molecule is O=C(c1ccccc1F)N(Cc1nccn1Cc1ccc(F)cc1)C1CC1. The summed E-state index contributed by atoms with van der Waals surface area (Å²) < 4.78 is 29.1. The molecule has 2 aromatic carbocycles. The molecular weight excluding hydrogens is 348 g/mol. The van der Waals surface area contributed by atoms with Crippen molar-refractivity contribution < 1.29 is 13.6 Å². The van der Waals surface area contributed by atoms with Gasteiger partial charge in [0.05, 0.1) is 12.1 Å².